The molecule has 0 aliphatic carbocycles. The summed E-state index contributed by atoms with van der Waals surface area (Å²) in [5, 5.41) is 2.61. The van der Waals surface area contributed by atoms with Gasteiger partial charge in [0.2, 0.25) is 11.8 Å². The topological polar surface area (TPSA) is 84.4 Å². The molecule has 0 spiro atoms. The fraction of sp³-hybridized carbons (Fsp3) is 0.575. The second-order valence-corrected chi connectivity index (χ2v) is 13.4. The van der Waals surface area contributed by atoms with Crippen molar-refractivity contribution in [3.05, 3.63) is 60.2 Å². The molecule has 3 heterocycles. The highest BCUT2D eigenvalue weighted by molar-refractivity contribution is 5.95. The number of fused-ring (bicyclic) bond motifs is 2. The average Bonchev–Trinajstić information content (AvgIpc) is 3.13. The number of aryl methyl sites for hydroxylation is 1. The number of pyridine rings is 1. The van der Waals surface area contributed by atoms with E-state index in [1.807, 2.05) is 12.1 Å². The fourth-order valence-corrected chi connectivity index (χ4v) is 6.81. The Bertz CT molecular complexity index is 1450. The lowest BCUT2D eigenvalue weighted by atomic mass is 10.1. The standard InChI is InChI=1S/C40H56N4O5/c1-2-3-4-5-6-7-8-9-10-14-31-48-40(46)49-32-44-38(45)24-22-34-21-23-37(41-39(34)44)47-30-15-13-25-42-26-28-43(29-27-42)36-20-16-18-33-17-11-12-19-35(33)36/h11-12,16-21,23H,2-10,13-15,22,24-32H2,1H3. The van der Waals surface area contributed by atoms with E-state index in [0.29, 0.717) is 37.8 Å². The van der Waals surface area contributed by atoms with Gasteiger partial charge in [-0.25, -0.2) is 4.79 Å². The van der Waals surface area contributed by atoms with E-state index < -0.39 is 6.16 Å². The maximum absolute atomic E-state index is 12.8. The second kappa shape index (κ2) is 20.0. The Balaban J connectivity index is 0.959. The number of hydrogen-bond acceptors (Lipinski definition) is 8. The predicted molar refractivity (Wildman–Crippen MR) is 197 cm³/mol. The molecular formula is C40H56N4O5. The largest absolute Gasteiger partial charge is 0.510 e. The van der Waals surface area contributed by atoms with E-state index in [1.54, 1.807) is 0 Å². The first-order valence-electron chi connectivity index (χ1n) is 18.8. The highest BCUT2D eigenvalue weighted by Crippen LogP contribution is 2.29. The minimum atomic E-state index is -0.752. The first kappa shape index (κ1) is 36.4. The molecule has 0 N–H and O–H groups in total. The summed E-state index contributed by atoms with van der Waals surface area (Å²) >= 11 is 0. The molecule has 2 aliphatic heterocycles. The summed E-state index contributed by atoms with van der Waals surface area (Å²) < 4.78 is 16.6. The summed E-state index contributed by atoms with van der Waals surface area (Å²) in [4.78, 5) is 36.1. The number of ether oxygens (including phenoxy) is 3. The summed E-state index contributed by atoms with van der Waals surface area (Å²) in [6.45, 7) is 8.11. The maximum Gasteiger partial charge on any atom is 0.510 e. The molecule has 1 fully saturated rings. The van der Waals surface area contributed by atoms with Crippen LogP contribution in [0, 0.1) is 0 Å². The number of benzene rings is 2. The molecular weight excluding hydrogens is 616 g/mol. The van der Waals surface area contributed by atoms with Crippen LogP contribution in [-0.2, 0) is 20.7 Å². The number of nitrogens with zero attached hydrogens (tertiary/aromatic N) is 4. The van der Waals surface area contributed by atoms with Gasteiger partial charge in [-0.15, -0.1) is 0 Å². The van der Waals surface area contributed by atoms with Crippen molar-refractivity contribution in [3.63, 3.8) is 0 Å². The molecule has 266 valence electrons. The summed E-state index contributed by atoms with van der Waals surface area (Å²) in [7, 11) is 0. The van der Waals surface area contributed by atoms with Crippen LogP contribution in [0.3, 0.4) is 0 Å². The Labute approximate surface area is 292 Å². The van der Waals surface area contributed by atoms with Crippen molar-refractivity contribution < 1.29 is 23.8 Å². The number of amides is 1. The molecule has 9 nitrogen and oxygen atoms in total. The SMILES string of the molecule is CCCCCCCCCCCCOC(=O)OCN1C(=O)CCc2ccc(OCCCCN3CCN(c4cccc5ccccc45)CC3)nc21. The molecule has 5 rings (SSSR count). The highest BCUT2D eigenvalue weighted by atomic mass is 16.7. The third-order valence-electron chi connectivity index (χ3n) is 9.72. The molecule has 0 atom stereocenters. The van der Waals surface area contributed by atoms with E-state index in [9.17, 15) is 9.59 Å². The maximum atomic E-state index is 12.8. The lowest BCUT2D eigenvalue weighted by molar-refractivity contribution is -0.119. The van der Waals surface area contributed by atoms with Gasteiger partial charge in [0.15, 0.2) is 6.73 Å². The van der Waals surface area contributed by atoms with E-state index in [2.05, 4.69) is 64.2 Å². The molecule has 9 heteroatoms. The zero-order valence-electron chi connectivity index (χ0n) is 29.6. The van der Waals surface area contributed by atoms with Gasteiger partial charge in [-0.1, -0.05) is 101 Å². The quantitative estimate of drug-likeness (QED) is 0.0873. The highest BCUT2D eigenvalue weighted by Gasteiger charge is 2.27. The molecule has 0 unspecified atom stereocenters. The molecule has 0 radical (unpaired) electrons. The van der Waals surface area contributed by atoms with Crippen LogP contribution >= 0.6 is 0 Å². The third-order valence-corrected chi connectivity index (χ3v) is 9.72. The van der Waals surface area contributed by atoms with Crippen molar-refractivity contribution in [3.8, 4) is 5.88 Å². The van der Waals surface area contributed by atoms with Gasteiger partial charge < -0.3 is 19.1 Å². The van der Waals surface area contributed by atoms with Gasteiger partial charge in [0.1, 0.15) is 5.82 Å². The monoisotopic (exact) mass is 672 g/mol. The Morgan fingerprint density at radius 2 is 1.45 bits per heavy atom. The van der Waals surface area contributed by atoms with Crippen LogP contribution in [0.2, 0.25) is 0 Å². The molecule has 0 saturated carbocycles. The molecule has 49 heavy (non-hydrogen) atoms. The van der Waals surface area contributed by atoms with Crippen LogP contribution in [0.15, 0.2) is 54.6 Å². The summed E-state index contributed by atoms with van der Waals surface area (Å²) in [5.74, 6) is 0.853. The zero-order valence-corrected chi connectivity index (χ0v) is 29.6. The minimum Gasteiger partial charge on any atom is -0.478 e. The Hall–Kier alpha value is -3.85. The zero-order chi connectivity index (χ0) is 34.1. The van der Waals surface area contributed by atoms with Crippen LogP contribution in [0.25, 0.3) is 10.8 Å². The van der Waals surface area contributed by atoms with Crippen LogP contribution in [0.1, 0.15) is 96.0 Å². The first-order chi connectivity index (χ1) is 24.1. The van der Waals surface area contributed by atoms with Crippen molar-refractivity contribution in [2.24, 2.45) is 0 Å². The average molecular weight is 673 g/mol. The van der Waals surface area contributed by atoms with Crippen molar-refractivity contribution in [1.29, 1.82) is 0 Å². The Kier molecular flexibility index (Phi) is 14.9. The number of unbranched alkanes of at least 4 members (excludes halogenated alkanes) is 10. The van der Waals surface area contributed by atoms with Crippen molar-refractivity contribution in [2.45, 2.75) is 96.8 Å². The van der Waals surface area contributed by atoms with Gasteiger partial charge in [0, 0.05) is 49.7 Å². The van der Waals surface area contributed by atoms with Gasteiger partial charge in [0.05, 0.1) is 13.2 Å². The molecule has 0 bridgehead atoms. The van der Waals surface area contributed by atoms with Crippen molar-refractivity contribution in [1.82, 2.24) is 9.88 Å². The number of aromatic nitrogens is 1. The van der Waals surface area contributed by atoms with Crippen LogP contribution in [0.4, 0.5) is 16.3 Å². The van der Waals surface area contributed by atoms with Gasteiger partial charge >= 0.3 is 6.16 Å². The van der Waals surface area contributed by atoms with E-state index in [0.717, 1.165) is 70.4 Å². The lowest BCUT2D eigenvalue weighted by Gasteiger charge is -2.36. The number of carbonyl (C=O) groups is 2. The van der Waals surface area contributed by atoms with E-state index in [-0.39, 0.29) is 12.6 Å². The van der Waals surface area contributed by atoms with Gasteiger partial charge in [-0.3, -0.25) is 14.6 Å². The first-order valence-corrected chi connectivity index (χ1v) is 18.8. The molecule has 3 aromatic rings. The normalized spacial score (nSPS) is 15.0. The molecule has 1 saturated heterocycles. The van der Waals surface area contributed by atoms with Crippen LogP contribution < -0.4 is 14.5 Å². The summed E-state index contributed by atoms with van der Waals surface area (Å²) in [5.41, 5.74) is 2.27. The van der Waals surface area contributed by atoms with E-state index in [1.165, 1.54) is 66.3 Å². The molecule has 2 aliphatic rings. The van der Waals surface area contributed by atoms with Crippen molar-refractivity contribution >= 4 is 34.3 Å². The Morgan fingerprint density at radius 3 is 2.24 bits per heavy atom. The van der Waals surface area contributed by atoms with E-state index >= 15 is 0 Å². The second-order valence-electron chi connectivity index (χ2n) is 13.4. The minimum absolute atomic E-state index is 0.125. The number of anilines is 2. The lowest BCUT2D eigenvalue weighted by Crippen LogP contribution is -2.46. The van der Waals surface area contributed by atoms with Gasteiger partial charge in [0.25, 0.3) is 0 Å². The van der Waals surface area contributed by atoms with E-state index in [4.69, 9.17) is 14.2 Å². The van der Waals surface area contributed by atoms with Crippen LogP contribution in [-0.4, -0.2) is 74.6 Å². The number of carbonyl (C=O) groups excluding carboxylic acids is 2. The number of hydrogen-bond donors (Lipinski definition) is 0. The number of rotatable bonds is 20. The predicted octanol–water partition coefficient (Wildman–Crippen LogP) is 8.53. The number of piperazine rings is 1. The summed E-state index contributed by atoms with van der Waals surface area (Å²) in [6.07, 6.45) is 14.3. The van der Waals surface area contributed by atoms with Crippen molar-refractivity contribution in [2.75, 3.05) is 62.5 Å². The smallest absolute Gasteiger partial charge is 0.478 e. The third kappa shape index (κ3) is 11.3. The van der Waals surface area contributed by atoms with Crippen LogP contribution in [0.5, 0.6) is 5.88 Å². The Morgan fingerprint density at radius 1 is 0.735 bits per heavy atom. The summed E-state index contributed by atoms with van der Waals surface area (Å²) in [6, 6.07) is 19.0. The molecule has 2 aromatic carbocycles. The van der Waals surface area contributed by atoms with Gasteiger partial charge in [-0.2, -0.15) is 4.98 Å². The van der Waals surface area contributed by atoms with Gasteiger partial charge in [-0.05, 0) is 55.3 Å². The molecule has 1 amide bonds. The fourth-order valence-electron chi connectivity index (χ4n) is 6.81. The molecule has 1 aromatic heterocycles.